The maximum atomic E-state index is 13.1. The Bertz CT molecular complexity index is 728. The van der Waals surface area contributed by atoms with Gasteiger partial charge >= 0.3 is 0 Å². The van der Waals surface area contributed by atoms with Crippen molar-refractivity contribution in [2.75, 3.05) is 6.67 Å². The Morgan fingerprint density at radius 3 is 2.77 bits per heavy atom. The molecule has 0 heterocycles. The Hall–Kier alpha value is -1.33. The van der Waals surface area contributed by atoms with Crippen LogP contribution in [0, 0.1) is 28.6 Å². The fourth-order valence-electron chi connectivity index (χ4n) is 6.90. The topological polar surface area (TPSA) is 74.6 Å². The number of rotatable bonds is 2. The second kappa shape index (κ2) is 5.59. The number of ketones is 2. The minimum absolute atomic E-state index is 0.00477. The van der Waals surface area contributed by atoms with E-state index in [0.29, 0.717) is 6.42 Å². The zero-order valence-electron chi connectivity index (χ0n) is 15.4. The van der Waals surface area contributed by atoms with Crippen LogP contribution in [0.5, 0.6) is 0 Å². The lowest BCUT2D eigenvalue weighted by Gasteiger charge is -2.59. The van der Waals surface area contributed by atoms with Crippen LogP contribution in [0.2, 0.25) is 0 Å². The third-order valence-corrected chi connectivity index (χ3v) is 8.23. The first-order valence-corrected chi connectivity index (χ1v) is 9.61. The van der Waals surface area contributed by atoms with Crippen molar-refractivity contribution in [1.82, 2.24) is 0 Å². The van der Waals surface area contributed by atoms with Crippen LogP contribution in [-0.2, 0) is 9.59 Å². The van der Waals surface area contributed by atoms with Gasteiger partial charge in [0.05, 0.1) is 6.10 Å². The average Bonchev–Trinajstić information content (AvgIpc) is 2.86. The first-order valence-electron chi connectivity index (χ1n) is 9.61. The number of carbonyl (C=O) groups is 2. The third-order valence-electron chi connectivity index (χ3n) is 8.23. The molecule has 0 spiro atoms. The highest BCUT2D eigenvalue weighted by molar-refractivity contribution is 6.01. The molecule has 0 aliphatic heterocycles. The smallest absolute Gasteiger partial charge is 0.195 e. The van der Waals surface area contributed by atoms with E-state index in [9.17, 15) is 24.2 Å². The predicted molar refractivity (Wildman–Crippen MR) is 93.9 cm³/mol. The molecule has 3 saturated carbocycles. The maximum absolute atomic E-state index is 13.1. The molecule has 2 N–H and O–H groups in total. The lowest BCUT2D eigenvalue weighted by atomic mass is 9.46. The van der Waals surface area contributed by atoms with Crippen LogP contribution in [0.15, 0.2) is 23.8 Å². The van der Waals surface area contributed by atoms with E-state index >= 15 is 0 Å². The normalized spacial score (nSPS) is 49.9. The first kappa shape index (κ1) is 18.1. The Balaban J connectivity index is 1.75. The molecule has 0 amide bonds. The molecule has 4 aliphatic rings. The van der Waals surface area contributed by atoms with Gasteiger partial charge in [0, 0.05) is 16.7 Å². The largest absolute Gasteiger partial charge is 0.393 e. The second-order valence-electron chi connectivity index (χ2n) is 9.17. The Labute approximate surface area is 153 Å². The van der Waals surface area contributed by atoms with Crippen LogP contribution < -0.4 is 0 Å². The van der Waals surface area contributed by atoms with Gasteiger partial charge in [0.15, 0.2) is 18.2 Å². The summed E-state index contributed by atoms with van der Waals surface area (Å²) in [5.74, 6) is -0.590. The zero-order chi connectivity index (χ0) is 18.9. The van der Waals surface area contributed by atoms with Crippen molar-refractivity contribution in [2.45, 2.75) is 57.7 Å². The van der Waals surface area contributed by atoms with Gasteiger partial charge in [0.25, 0.3) is 0 Å². The second-order valence-corrected chi connectivity index (χ2v) is 9.17. The molecule has 0 saturated heterocycles. The molecule has 0 aromatic heterocycles. The van der Waals surface area contributed by atoms with E-state index in [1.165, 1.54) is 0 Å². The Kier molecular flexibility index (Phi) is 3.88. The lowest BCUT2D eigenvalue weighted by Crippen LogP contribution is -2.61. The molecule has 7 atom stereocenters. The molecule has 4 rings (SSSR count). The van der Waals surface area contributed by atoms with Crippen molar-refractivity contribution in [1.29, 1.82) is 0 Å². The molecule has 3 fully saturated rings. The van der Waals surface area contributed by atoms with Gasteiger partial charge in [-0.1, -0.05) is 25.5 Å². The van der Waals surface area contributed by atoms with Crippen LogP contribution in [0.4, 0.5) is 4.39 Å². The van der Waals surface area contributed by atoms with Crippen LogP contribution in [0.3, 0.4) is 0 Å². The Morgan fingerprint density at radius 2 is 2.08 bits per heavy atom. The molecular formula is C21H27FO4. The van der Waals surface area contributed by atoms with Gasteiger partial charge in [-0.25, -0.2) is 4.39 Å². The van der Waals surface area contributed by atoms with E-state index in [4.69, 9.17) is 0 Å². The third kappa shape index (κ3) is 2.07. The van der Waals surface area contributed by atoms with Gasteiger partial charge in [-0.15, -0.1) is 0 Å². The number of fused-ring (bicyclic) bond motifs is 5. The van der Waals surface area contributed by atoms with Crippen molar-refractivity contribution >= 4 is 11.6 Å². The molecule has 5 heteroatoms. The van der Waals surface area contributed by atoms with Crippen LogP contribution in [0.1, 0.15) is 46.0 Å². The van der Waals surface area contributed by atoms with Gasteiger partial charge in [0.2, 0.25) is 0 Å². The molecule has 4 aliphatic carbocycles. The quantitative estimate of drug-likeness (QED) is 0.792. The van der Waals surface area contributed by atoms with Gasteiger partial charge in [-0.05, 0) is 56.1 Å². The number of carbonyl (C=O) groups excluding carboxylic acids is 2. The summed E-state index contributed by atoms with van der Waals surface area (Å²) >= 11 is 0. The number of aliphatic hydroxyl groups excluding tert-OH is 1. The molecule has 26 heavy (non-hydrogen) atoms. The molecule has 4 nitrogen and oxygen atoms in total. The molecule has 142 valence electrons. The summed E-state index contributed by atoms with van der Waals surface area (Å²) in [6.07, 6.45) is 7.34. The molecule has 0 bridgehead atoms. The summed E-state index contributed by atoms with van der Waals surface area (Å²) < 4.78 is 13.1. The fourth-order valence-corrected chi connectivity index (χ4v) is 6.90. The van der Waals surface area contributed by atoms with Crippen LogP contribution in [-0.4, -0.2) is 40.2 Å². The average molecular weight is 362 g/mol. The van der Waals surface area contributed by atoms with E-state index in [2.05, 4.69) is 6.92 Å². The van der Waals surface area contributed by atoms with Crippen molar-refractivity contribution in [2.24, 2.45) is 28.6 Å². The summed E-state index contributed by atoms with van der Waals surface area (Å²) in [6, 6.07) is 0. The molecule has 0 radical (unpaired) electrons. The zero-order valence-corrected chi connectivity index (χ0v) is 15.4. The minimum atomic E-state index is -1.69. The van der Waals surface area contributed by atoms with Gasteiger partial charge in [-0.3, -0.25) is 9.59 Å². The van der Waals surface area contributed by atoms with Crippen LogP contribution >= 0.6 is 0 Å². The van der Waals surface area contributed by atoms with Gasteiger partial charge in [-0.2, -0.15) is 0 Å². The number of hydrogen-bond donors (Lipinski definition) is 2. The first-order chi connectivity index (χ1) is 12.2. The maximum Gasteiger partial charge on any atom is 0.195 e. The SMILES string of the molecule is C[C@]12C=CC(=O)C=C1CC[C@@H]1[C@@H]2[C@H](O)C[C@]2(C)[C@H]1CC[C@]2(O)C(=O)CF. The number of Topliss-reactive ketones (excluding diaryl/α,β-unsaturated/α-hetero) is 1. The monoisotopic (exact) mass is 362 g/mol. The highest BCUT2D eigenvalue weighted by Crippen LogP contribution is 2.67. The number of alkyl halides is 1. The lowest BCUT2D eigenvalue weighted by molar-refractivity contribution is -0.177. The fraction of sp³-hybridized carbons (Fsp3) is 0.714. The molecule has 0 aromatic carbocycles. The van der Waals surface area contributed by atoms with Crippen LogP contribution in [0.25, 0.3) is 0 Å². The van der Waals surface area contributed by atoms with Crippen molar-refractivity contribution in [3.8, 4) is 0 Å². The van der Waals surface area contributed by atoms with Crippen molar-refractivity contribution in [3.63, 3.8) is 0 Å². The number of hydrogen-bond acceptors (Lipinski definition) is 4. The summed E-state index contributed by atoms with van der Waals surface area (Å²) in [5.41, 5.74) is -1.79. The Morgan fingerprint density at radius 1 is 1.35 bits per heavy atom. The minimum Gasteiger partial charge on any atom is -0.393 e. The highest BCUT2D eigenvalue weighted by atomic mass is 19.1. The molecular weight excluding hydrogens is 335 g/mol. The van der Waals surface area contributed by atoms with E-state index in [1.54, 1.807) is 12.2 Å². The van der Waals surface area contributed by atoms with Gasteiger partial charge < -0.3 is 10.2 Å². The van der Waals surface area contributed by atoms with Crippen molar-refractivity contribution < 1.29 is 24.2 Å². The molecule has 0 aromatic rings. The summed E-state index contributed by atoms with van der Waals surface area (Å²) in [4.78, 5) is 24.0. The number of halogens is 1. The van der Waals surface area contributed by atoms with E-state index < -0.39 is 29.6 Å². The van der Waals surface area contributed by atoms with Crippen molar-refractivity contribution in [3.05, 3.63) is 23.8 Å². The summed E-state index contributed by atoms with van der Waals surface area (Å²) in [6.45, 7) is 2.77. The summed E-state index contributed by atoms with van der Waals surface area (Å²) in [5, 5.41) is 22.2. The predicted octanol–water partition coefficient (Wildman–Crippen LogP) is 2.53. The van der Waals surface area contributed by atoms with E-state index in [1.807, 2.05) is 13.0 Å². The van der Waals surface area contributed by atoms with E-state index in [-0.39, 0.29) is 41.8 Å². The van der Waals surface area contributed by atoms with E-state index in [0.717, 1.165) is 18.4 Å². The number of aliphatic hydroxyl groups is 2. The molecule has 0 unspecified atom stereocenters. The van der Waals surface area contributed by atoms with Gasteiger partial charge in [0.1, 0.15) is 5.60 Å². The number of allylic oxidation sites excluding steroid dienone is 4. The standard InChI is InChI=1S/C21H27FO4/c1-19-7-5-13(23)9-12(19)3-4-14-15-6-8-21(26,17(25)11-22)20(15,2)10-16(24)18(14)19/h5,7,9,14-16,18,24,26H,3-4,6,8,10-11H2,1-2H3/t14-,15-,16+,18+,19-,20+,21-/m0/s1. The highest BCUT2D eigenvalue weighted by Gasteiger charge is 2.68. The summed E-state index contributed by atoms with van der Waals surface area (Å²) in [7, 11) is 0.